The zero-order chi connectivity index (χ0) is 21.2. The molecule has 0 radical (unpaired) electrons. The summed E-state index contributed by atoms with van der Waals surface area (Å²) in [5.74, 6) is 0.393. The lowest BCUT2D eigenvalue weighted by molar-refractivity contribution is -0.133. The van der Waals surface area contributed by atoms with Gasteiger partial charge in [0.2, 0.25) is 15.9 Å². The van der Waals surface area contributed by atoms with Gasteiger partial charge in [0.25, 0.3) is 0 Å². The van der Waals surface area contributed by atoms with Gasteiger partial charge in [0, 0.05) is 50.9 Å². The van der Waals surface area contributed by atoms with Gasteiger partial charge in [-0.05, 0) is 37.5 Å². The van der Waals surface area contributed by atoms with Gasteiger partial charge in [-0.25, -0.2) is 13.2 Å². The molecule has 0 aromatic heterocycles. The number of nitrogens with zero attached hydrogens (tertiary/aromatic N) is 3. The minimum absolute atomic E-state index is 0.189. The number of amides is 3. The van der Waals surface area contributed by atoms with E-state index in [1.807, 2.05) is 4.90 Å². The van der Waals surface area contributed by atoms with E-state index in [0.717, 1.165) is 12.8 Å². The third-order valence-electron chi connectivity index (χ3n) is 5.57. The third-order valence-corrected chi connectivity index (χ3v) is 7.76. The maximum atomic E-state index is 12.9. The molecule has 0 spiro atoms. The number of hydrogen-bond donors (Lipinski definition) is 1. The minimum Gasteiger partial charge on any atom is -0.339 e. The molecule has 1 aromatic carbocycles. The monoisotopic (exact) mass is 422 g/mol. The quantitative estimate of drug-likeness (QED) is 0.760. The highest BCUT2D eigenvalue weighted by atomic mass is 32.2. The van der Waals surface area contributed by atoms with Crippen molar-refractivity contribution in [1.29, 1.82) is 0 Å². The number of nitrogens with one attached hydrogen (secondary N) is 1. The number of piperazine rings is 1. The van der Waals surface area contributed by atoms with Crippen LogP contribution in [0.1, 0.15) is 32.3 Å². The normalized spacial score (nSPS) is 17.5. The second-order valence-electron chi connectivity index (χ2n) is 7.59. The molecule has 1 saturated heterocycles. The molecule has 0 unspecified atom stereocenters. The lowest BCUT2D eigenvalue weighted by Crippen LogP contribution is -2.52. The molecule has 3 amide bonds. The van der Waals surface area contributed by atoms with Crippen LogP contribution < -0.4 is 5.32 Å². The number of anilines is 1. The number of hydrogen-bond acceptors (Lipinski definition) is 4. The van der Waals surface area contributed by atoms with Crippen LogP contribution >= 0.6 is 0 Å². The van der Waals surface area contributed by atoms with Crippen LogP contribution in [0.15, 0.2) is 23.1 Å². The number of aryl methyl sites for hydroxylation is 1. The predicted octanol–water partition coefficient (Wildman–Crippen LogP) is 2.11. The first-order chi connectivity index (χ1) is 13.8. The van der Waals surface area contributed by atoms with E-state index in [0.29, 0.717) is 50.5 Å². The lowest BCUT2D eigenvalue weighted by atomic mass is 10.2. The van der Waals surface area contributed by atoms with Gasteiger partial charge in [0.05, 0.1) is 4.90 Å². The second-order valence-corrected chi connectivity index (χ2v) is 9.49. The van der Waals surface area contributed by atoms with E-state index in [9.17, 15) is 18.0 Å². The first kappa shape index (κ1) is 21.6. The summed E-state index contributed by atoms with van der Waals surface area (Å²) in [4.78, 5) is 28.5. The maximum absolute atomic E-state index is 12.9. The van der Waals surface area contributed by atoms with Gasteiger partial charge in [-0.2, -0.15) is 4.31 Å². The first-order valence-corrected chi connectivity index (χ1v) is 11.7. The van der Waals surface area contributed by atoms with E-state index >= 15 is 0 Å². The fourth-order valence-corrected chi connectivity index (χ4v) is 5.29. The van der Waals surface area contributed by atoms with Crippen molar-refractivity contribution in [2.45, 2.75) is 38.5 Å². The minimum atomic E-state index is -3.61. The van der Waals surface area contributed by atoms with Crippen LogP contribution in [0.2, 0.25) is 0 Å². The summed E-state index contributed by atoms with van der Waals surface area (Å²) in [6.07, 6.45) is 1.96. The maximum Gasteiger partial charge on any atom is 0.321 e. The smallest absolute Gasteiger partial charge is 0.321 e. The number of carbonyl (C=O) groups is 2. The molecule has 1 saturated carbocycles. The van der Waals surface area contributed by atoms with Gasteiger partial charge in [-0.1, -0.05) is 19.9 Å². The molecule has 9 heteroatoms. The second kappa shape index (κ2) is 8.71. The van der Waals surface area contributed by atoms with E-state index in [-0.39, 0.29) is 22.8 Å². The molecule has 0 bridgehead atoms. The average molecular weight is 423 g/mol. The predicted molar refractivity (Wildman–Crippen MR) is 111 cm³/mol. The van der Waals surface area contributed by atoms with Crippen LogP contribution in [-0.2, 0) is 14.8 Å². The topological polar surface area (TPSA) is 90.0 Å². The van der Waals surface area contributed by atoms with Crippen molar-refractivity contribution in [1.82, 2.24) is 14.1 Å². The van der Waals surface area contributed by atoms with Crippen molar-refractivity contribution in [2.75, 3.05) is 44.6 Å². The van der Waals surface area contributed by atoms with Crippen molar-refractivity contribution >= 4 is 27.6 Å². The Bertz CT molecular complexity index is 870. The molecule has 2 fully saturated rings. The number of rotatable bonds is 6. The molecule has 0 atom stereocenters. The average Bonchev–Trinajstić information content (AvgIpc) is 3.55. The Hall–Kier alpha value is -2.13. The Morgan fingerprint density at radius 1 is 1.07 bits per heavy atom. The van der Waals surface area contributed by atoms with Crippen LogP contribution in [0.4, 0.5) is 10.5 Å². The summed E-state index contributed by atoms with van der Waals surface area (Å²) in [7, 11) is -3.61. The fraction of sp³-hybridized carbons (Fsp3) is 0.600. The van der Waals surface area contributed by atoms with E-state index in [1.54, 1.807) is 37.8 Å². The first-order valence-electron chi connectivity index (χ1n) is 10.2. The van der Waals surface area contributed by atoms with Crippen LogP contribution in [0.5, 0.6) is 0 Å². The summed E-state index contributed by atoms with van der Waals surface area (Å²) in [5, 5.41) is 2.81. The number of sulfonamides is 1. The standard InChI is InChI=1S/C20H30N4O4S/c1-4-24(5-2)29(27,28)18-14-17(9-6-15(18)3)21-20(26)23-12-10-22(11-13-23)19(25)16-7-8-16/h6,9,14,16H,4-5,7-8,10-13H2,1-3H3,(H,21,26). The molecule has 1 N–H and O–H groups in total. The van der Waals surface area contributed by atoms with Crippen molar-refractivity contribution in [3.63, 3.8) is 0 Å². The Kier molecular flexibility index (Phi) is 6.48. The highest BCUT2D eigenvalue weighted by molar-refractivity contribution is 7.89. The Balaban J connectivity index is 1.66. The van der Waals surface area contributed by atoms with Gasteiger partial charge in [0.1, 0.15) is 0 Å². The molecule has 160 valence electrons. The van der Waals surface area contributed by atoms with Crippen LogP contribution in [0, 0.1) is 12.8 Å². The number of carbonyl (C=O) groups excluding carboxylic acids is 2. The van der Waals surface area contributed by atoms with Crippen molar-refractivity contribution in [3.8, 4) is 0 Å². The highest BCUT2D eigenvalue weighted by Crippen LogP contribution is 2.31. The van der Waals surface area contributed by atoms with E-state index < -0.39 is 10.0 Å². The Labute approximate surface area is 172 Å². The summed E-state index contributed by atoms with van der Waals surface area (Å²) in [5.41, 5.74) is 1.09. The molecule has 1 aliphatic heterocycles. The molecular weight excluding hydrogens is 392 g/mol. The van der Waals surface area contributed by atoms with Gasteiger partial charge < -0.3 is 15.1 Å². The molecule has 3 rings (SSSR count). The van der Waals surface area contributed by atoms with Crippen LogP contribution in [0.25, 0.3) is 0 Å². The summed E-state index contributed by atoms with van der Waals surface area (Å²) in [6.45, 7) is 8.15. The zero-order valence-electron chi connectivity index (χ0n) is 17.3. The fourth-order valence-electron chi connectivity index (χ4n) is 3.58. The molecule has 8 nitrogen and oxygen atoms in total. The number of urea groups is 1. The van der Waals surface area contributed by atoms with Gasteiger partial charge in [0.15, 0.2) is 0 Å². The molecule has 1 aliphatic carbocycles. The van der Waals surface area contributed by atoms with Crippen LogP contribution in [0.3, 0.4) is 0 Å². The van der Waals surface area contributed by atoms with Crippen molar-refractivity contribution in [3.05, 3.63) is 23.8 Å². The van der Waals surface area contributed by atoms with E-state index in [1.165, 1.54) is 10.4 Å². The summed E-state index contributed by atoms with van der Waals surface area (Å²) < 4.78 is 27.2. The molecule has 29 heavy (non-hydrogen) atoms. The Morgan fingerprint density at radius 2 is 1.66 bits per heavy atom. The number of benzene rings is 1. The molecule has 1 heterocycles. The van der Waals surface area contributed by atoms with E-state index in [4.69, 9.17) is 0 Å². The molecular formula is C20H30N4O4S. The van der Waals surface area contributed by atoms with E-state index in [2.05, 4.69) is 5.32 Å². The molecule has 2 aliphatic rings. The SMILES string of the molecule is CCN(CC)S(=O)(=O)c1cc(NC(=O)N2CCN(C(=O)C3CC3)CC2)ccc1C. The molecule has 1 aromatic rings. The van der Waals surface area contributed by atoms with Gasteiger partial charge in [-0.3, -0.25) is 4.79 Å². The largest absolute Gasteiger partial charge is 0.339 e. The zero-order valence-corrected chi connectivity index (χ0v) is 18.2. The third kappa shape index (κ3) is 4.72. The van der Waals surface area contributed by atoms with Crippen LogP contribution in [-0.4, -0.2) is 73.7 Å². The van der Waals surface area contributed by atoms with Crippen molar-refractivity contribution in [2.24, 2.45) is 5.92 Å². The lowest BCUT2D eigenvalue weighted by Gasteiger charge is -2.34. The summed E-state index contributed by atoms with van der Waals surface area (Å²) >= 11 is 0. The van der Waals surface area contributed by atoms with Crippen molar-refractivity contribution < 1.29 is 18.0 Å². The Morgan fingerprint density at radius 3 is 2.21 bits per heavy atom. The highest BCUT2D eigenvalue weighted by Gasteiger charge is 2.35. The van der Waals surface area contributed by atoms with Gasteiger partial charge in [-0.15, -0.1) is 0 Å². The summed E-state index contributed by atoms with van der Waals surface area (Å²) in [6, 6.07) is 4.66. The van der Waals surface area contributed by atoms with Gasteiger partial charge >= 0.3 is 6.03 Å².